The summed E-state index contributed by atoms with van der Waals surface area (Å²) in [6.07, 6.45) is 1.77. The van der Waals surface area contributed by atoms with Crippen LogP contribution in [0.25, 0.3) is 5.69 Å². The van der Waals surface area contributed by atoms with E-state index in [0.29, 0.717) is 5.82 Å². The highest BCUT2D eigenvalue weighted by Gasteiger charge is 2.06. The quantitative estimate of drug-likeness (QED) is 0.823. The van der Waals surface area contributed by atoms with Gasteiger partial charge in [-0.25, -0.2) is 4.68 Å². The molecule has 0 aliphatic rings. The Balaban J connectivity index is 2.55. The van der Waals surface area contributed by atoms with E-state index in [0.717, 1.165) is 9.26 Å². The van der Waals surface area contributed by atoms with Crippen molar-refractivity contribution in [1.82, 2.24) is 9.78 Å². The molecule has 1 heterocycles. The zero-order valence-electron chi connectivity index (χ0n) is 8.66. The van der Waals surface area contributed by atoms with Crippen molar-refractivity contribution in [3.8, 4) is 5.69 Å². The zero-order valence-corrected chi connectivity index (χ0v) is 10.8. The number of hydrogen-bond acceptors (Lipinski definition) is 2. The fourth-order valence-corrected chi connectivity index (χ4v) is 1.75. The van der Waals surface area contributed by atoms with E-state index in [2.05, 4.69) is 53.7 Å². The van der Waals surface area contributed by atoms with Crippen LogP contribution in [-0.4, -0.2) is 9.78 Å². The topological polar surface area (TPSA) is 43.8 Å². The molecule has 2 N–H and O–H groups in total. The number of aromatic nitrogens is 2. The first-order valence-corrected chi connectivity index (χ1v) is 5.74. The van der Waals surface area contributed by atoms with Crippen molar-refractivity contribution < 1.29 is 0 Å². The second-order valence-corrected chi connectivity index (χ2v) is 4.72. The highest BCUT2D eigenvalue weighted by Crippen LogP contribution is 2.20. The first kappa shape index (κ1) is 10.5. The molecule has 1 aromatic carbocycles. The summed E-state index contributed by atoms with van der Waals surface area (Å²) in [5.41, 5.74) is 9.45. The Morgan fingerprint density at radius 2 is 2.00 bits per heavy atom. The summed E-state index contributed by atoms with van der Waals surface area (Å²) in [6.45, 7) is 4.18. The van der Waals surface area contributed by atoms with Crippen molar-refractivity contribution in [1.29, 1.82) is 0 Å². The molecule has 0 saturated carbocycles. The number of anilines is 1. The van der Waals surface area contributed by atoms with E-state index >= 15 is 0 Å². The summed E-state index contributed by atoms with van der Waals surface area (Å²) >= 11 is 2.18. The number of halogens is 1. The zero-order chi connectivity index (χ0) is 11.0. The van der Waals surface area contributed by atoms with Crippen molar-refractivity contribution in [3.05, 3.63) is 39.1 Å². The average Bonchev–Trinajstić information content (AvgIpc) is 2.53. The lowest BCUT2D eigenvalue weighted by Gasteiger charge is -2.06. The van der Waals surface area contributed by atoms with E-state index in [1.54, 1.807) is 10.9 Å². The van der Waals surface area contributed by atoms with Crippen molar-refractivity contribution >= 4 is 28.4 Å². The highest BCUT2D eigenvalue weighted by molar-refractivity contribution is 14.1. The van der Waals surface area contributed by atoms with Gasteiger partial charge in [0.15, 0.2) is 0 Å². The van der Waals surface area contributed by atoms with Crippen molar-refractivity contribution in [2.24, 2.45) is 0 Å². The molecule has 0 fully saturated rings. The van der Waals surface area contributed by atoms with Gasteiger partial charge in [0, 0.05) is 0 Å². The molecule has 78 valence electrons. The minimum absolute atomic E-state index is 0.693. The standard InChI is InChI=1S/C11H12IN3/c1-7-3-4-9(5-8(7)2)15-11(13)10(12)6-14-15/h3-6H,13H2,1-2H3. The molecule has 3 nitrogen and oxygen atoms in total. The number of nitrogen functional groups attached to an aromatic ring is 1. The monoisotopic (exact) mass is 313 g/mol. The highest BCUT2D eigenvalue weighted by atomic mass is 127. The fourth-order valence-electron chi connectivity index (χ4n) is 1.40. The van der Waals surface area contributed by atoms with Gasteiger partial charge < -0.3 is 5.73 Å². The molecule has 4 heteroatoms. The minimum Gasteiger partial charge on any atom is -0.383 e. The molecular weight excluding hydrogens is 301 g/mol. The average molecular weight is 313 g/mol. The van der Waals surface area contributed by atoms with Crippen LogP contribution in [0.3, 0.4) is 0 Å². The number of aryl methyl sites for hydroxylation is 2. The molecule has 15 heavy (non-hydrogen) atoms. The molecule has 0 amide bonds. The lowest BCUT2D eigenvalue weighted by Crippen LogP contribution is -2.02. The van der Waals surface area contributed by atoms with Crippen molar-refractivity contribution in [2.45, 2.75) is 13.8 Å². The predicted octanol–water partition coefficient (Wildman–Crippen LogP) is 2.68. The van der Waals surface area contributed by atoms with Gasteiger partial charge in [0.25, 0.3) is 0 Å². The van der Waals surface area contributed by atoms with Crippen LogP contribution in [0, 0.1) is 17.4 Å². The molecule has 2 aromatic rings. The third-order valence-corrected chi connectivity index (χ3v) is 3.33. The Morgan fingerprint density at radius 1 is 1.27 bits per heavy atom. The molecule has 0 radical (unpaired) electrons. The van der Waals surface area contributed by atoms with Gasteiger partial charge in [-0.3, -0.25) is 0 Å². The molecule has 0 spiro atoms. The van der Waals surface area contributed by atoms with Gasteiger partial charge in [0.05, 0.1) is 15.5 Å². The van der Waals surface area contributed by atoms with Gasteiger partial charge in [-0.15, -0.1) is 0 Å². The van der Waals surface area contributed by atoms with Crippen LogP contribution in [0.2, 0.25) is 0 Å². The van der Waals surface area contributed by atoms with Crippen LogP contribution in [-0.2, 0) is 0 Å². The SMILES string of the molecule is Cc1ccc(-n2ncc(I)c2N)cc1C. The van der Waals surface area contributed by atoms with Gasteiger partial charge in [0.2, 0.25) is 0 Å². The third-order valence-electron chi connectivity index (χ3n) is 2.49. The first-order valence-electron chi connectivity index (χ1n) is 4.66. The van der Waals surface area contributed by atoms with Crippen molar-refractivity contribution in [3.63, 3.8) is 0 Å². The Kier molecular flexibility index (Phi) is 2.68. The molecule has 0 aliphatic heterocycles. The number of rotatable bonds is 1. The van der Waals surface area contributed by atoms with E-state index < -0.39 is 0 Å². The maximum Gasteiger partial charge on any atom is 0.140 e. The number of benzene rings is 1. The molecule has 0 aliphatic carbocycles. The van der Waals surface area contributed by atoms with Gasteiger partial charge in [-0.05, 0) is 59.7 Å². The predicted molar refractivity (Wildman–Crippen MR) is 70.2 cm³/mol. The maximum absolute atomic E-state index is 5.92. The van der Waals surface area contributed by atoms with Gasteiger partial charge in [-0.2, -0.15) is 5.10 Å². The van der Waals surface area contributed by atoms with E-state index in [9.17, 15) is 0 Å². The number of nitrogens with zero attached hydrogens (tertiary/aromatic N) is 2. The van der Waals surface area contributed by atoms with Crippen LogP contribution in [0.5, 0.6) is 0 Å². The first-order chi connectivity index (χ1) is 7.09. The number of hydrogen-bond donors (Lipinski definition) is 1. The Bertz CT molecular complexity index is 503. The molecule has 2 rings (SSSR count). The van der Waals surface area contributed by atoms with Gasteiger partial charge in [-0.1, -0.05) is 6.07 Å². The second-order valence-electron chi connectivity index (χ2n) is 3.56. The molecule has 0 bridgehead atoms. The van der Waals surface area contributed by atoms with E-state index in [4.69, 9.17) is 5.73 Å². The smallest absolute Gasteiger partial charge is 0.140 e. The lowest BCUT2D eigenvalue weighted by atomic mass is 10.1. The normalized spacial score (nSPS) is 10.6. The molecular formula is C11H12IN3. The minimum atomic E-state index is 0.693. The summed E-state index contributed by atoms with van der Waals surface area (Å²) < 4.78 is 2.74. The van der Waals surface area contributed by atoms with Crippen LogP contribution in [0.15, 0.2) is 24.4 Å². The number of nitrogens with two attached hydrogens (primary N) is 1. The molecule has 1 aromatic heterocycles. The van der Waals surface area contributed by atoms with Crippen molar-refractivity contribution in [2.75, 3.05) is 5.73 Å². The summed E-state index contributed by atoms with van der Waals surface area (Å²) in [4.78, 5) is 0. The maximum atomic E-state index is 5.92. The molecule has 0 saturated heterocycles. The summed E-state index contributed by atoms with van der Waals surface area (Å²) in [5.74, 6) is 0.693. The summed E-state index contributed by atoms with van der Waals surface area (Å²) in [5, 5.41) is 4.24. The van der Waals surface area contributed by atoms with Crippen LogP contribution in [0.1, 0.15) is 11.1 Å². The second kappa shape index (κ2) is 3.84. The molecule has 0 unspecified atom stereocenters. The van der Waals surface area contributed by atoms with Crippen LogP contribution >= 0.6 is 22.6 Å². The molecule has 0 atom stereocenters. The summed E-state index contributed by atoms with van der Waals surface area (Å²) in [7, 11) is 0. The van der Waals surface area contributed by atoms with Crippen LogP contribution < -0.4 is 5.73 Å². The van der Waals surface area contributed by atoms with E-state index in [-0.39, 0.29) is 0 Å². The Hall–Kier alpha value is -1.04. The van der Waals surface area contributed by atoms with E-state index in [1.807, 2.05) is 6.07 Å². The van der Waals surface area contributed by atoms with Gasteiger partial charge in [0.1, 0.15) is 5.82 Å². The Morgan fingerprint density at radius 3 is 2.53 bits per heavy atom. The van der Waals surface area contributed by atoms with E-state index in [1.165, 1.54) is 11.1 Å². The Labute approximate surface area is 102 Å². The third kappa shape index (κ3) is 1.86. The summed E-state index contributed by atoms with van der Waals surface area (Å²) in [6, 6.07) is 6.20. The largest absolute Gasteiger partial charge is 0.383 e. The lowest BCUT2D eigenvalue weighted by molar-refractivity contribution is 0.889. The van der Waals surface area contributed by atoms with Gasteiger partial charge >= 0.3 is 0 Å². The fraction of sp³-hybridized carbons (Fsp3) is 0.182. The van der Waals surface area contributed by atoms with Crippen LogP contribution in [0.4, 0.5) is 5.82 Å².